The molecule has 0 aromatic heterocycles. The molecule has 0 aromatic rings. The minimum Gasteiger partial charge on any atom is -0.298 e. The van der Waals surface area contributed by atoms with Gasteiger partial charge in [-0.05, 0) is 105 Å². The van der Waals surface area contributed by atoms with E-state index < -0.39 is 39.6 Å². The van der Waals surface area contributed by atoms with Gasteiger partial charge >= 0.3 is 0 Å². The van der Waals surface area contributed by atoms with Crippen molar-refractivity contribution >= 4 is 23.1 Å². The van der Waals surface area contributed by atoms with E-state index in [1.165, 1.54) is 0 Å². The number of hydrogen-bond acceptors (Lipinski definition) is 4. The monoisotopic (exact) mass is 536 g/mol. The van der Waals surface area contributed by atoms with Crippen LogP contribution in [0.5, 0.6) is 0 Å². The Hall–Kier alpha value is -2.36. The van der Waals surface area contributed by atoms with E-state index in [1.807, 2.05) is 74.5 Å². The molecule has 2 aliphatic carbocycles. The third-order valence-electron chi connectivity index (χ3n) is 9.14. The summed E-state index contributed by atoms with van der Waals surface area (Å²) >= 11 is 0. The van der Waals surface area contributed by atoms with E-state index in [0.29, 0.717) is 25.7 Å². The van der Waals surface area contributed by atoms with Crippen molar-refractivity contribution in [2.24, 2.45) is 34.0 Å². The zero-order valence-corrected chi connectivity index (χ0v) is 26.4. The molecule has 4 nitrogen and oxygen atoms in total. The highest BCUT2D eigenvalue weighted by atomic mass is 16.2. The van der Waals surface area contributed by atoms with E-state index in [0.717, 1.165) is 22.3 Å². The van der Waals surface area contributed by atoms with Crippen molar-refractivity contribution in [1.82, 2.24) is 0 Å². The molecule has 0 N–H and O–H groups in total. The lowest BCUT2D eigenvalue weighted by Crippen LogP contribution is -2.75. The number of allylic oxidation sites excluding steroid dienone is 8. The molecule has 0 heterocycles. The van der Waals surface area contributed by atoms with E-state index in [4.69, 9.17) is 0 Å². The summed E-state index contributed by atoms with van der Waals surface area (Å²) in [6.07, 6.45) is 10.8. The molecule has 0 aromatic carbocycles. The van der Waals surface area contributed by atoms with Gasteiger partial charge < -0.3 is 0 Å². The maximum absolute atomic E-state index is 15.0. The molecule has 0 amide bonds. The lowest BCUT2D eigenvalue weighted by atomic mass is 9.36. The van der Waals surface area contributed by atoms with Gasteiger partial charge in [0.05, 0.1) is 11.3 Å². The molecule has 2 saturated carbocycles. The molecule has 0 radical (unpaired) electrons. The molecule has 0 saturated heterocycles. The van der Waals surface area contributed by atoms with E-state index in [1.54, 1.807) is 13.8 Å². The molecule has 0 spiro atoms. The Morgan fingerprint density at radius 1 is 0.795 bits per heavy atom. The first-order valence-corrected chi connectivity index (χ1v) is 14.7. The molecule has 0 aliphatic heterocycles. The molecule has 2 bridgehead atoms. The maximum atomic E-state index is 15.0. The first kappa shape index (κ1) is 32.8. The molecule has 2 aliphatic rings. The molecule has 4 heteroatoms. The van der Waals surface area contributed by atoms with Gasteiger partial charge in [0, 0.05) is 5.92 Å². The van der Waals surface area contributed by atoms with Crippen LogP contribution >= 0.6 is 0 Å². The van der Waals surface area contributed by atoms with Crippen LogP contribution in [0.25, 0.3) is 0 Å². The Morgan fingerprint density at radius 2 is 1.31 bits per heavy atom. The Bertz CT molecular complexity index is 1110. The molecule has 3 unspecified atom stereocenters. The van der Waals surface area contributed by atoms with Crippen molar-refractivity contribution < 1.29 is 19.2 Å². The summed E-state index contributed by atoms with van der Waals surface area (Å²) in [7, 11) is 0. The van der Waals surface area contributed by atoms with Crippen LogP contribution in [-0.2, 0) is 19.2 Å². The second-order valence-electron chi connectivity index (χ2n) is 13.6. The maximum Gasteiger partial charge on any atom is 0.168 e. The van der Waals surface area contributed by atoms with Crippen molar-refractivity contribution in [3.8, 4) is 0 Å². The van der Waals surface area contributed by atoms with Crippen LogP contribution in [0.3, 0.4) is 0 Å². The Balaban J connectivity index is 3.04. The van der Waals surface area contributed by atoms with E-state index in [-0.39, 0.29) is 30.3 Å². The fourth-order valence-corrected chi connectivity index (χ4v) is 6.93. The highest BCUT2D eigenvalue weighted by molar-refractivity contribution is 6.38. The fourth-order valence-electron chi connectivity index (χ4n) is 6.93. The van der Waals surface area contributed by atoms with Crippen molar-refractivity contribution in [1.29, 1.82) is 0 Å². The van der Waals surface area contributed by atoms with Crippen molar-refractivity contribution in [3.05, 3.63) is 46.6 Å². The van der Waals surface area contributed by atoms with E-state index >= 15 is 0 Å². The highest BCUT2D eigenvalue weighted by Gasteiger charge is 2.77. The van der Waals surface area contributed by atoms with Gasteiger partial charge in [0.2, 0.25) is 0 Å². The van der Waals surface area contributed by atoms with Gasteiger partial charge in [0.25, 0.3) is 0 Å². The van der Waals surface area contributed by atoms with Crippen molar-refractivity contribution in [3.63, 3.8) is 0 Å². The average Bonchev–Trinajstić information content (AvgIpc) is 2.81. The summed E-state index contributed by atoms with van der Waals surface area (Å²) in [5.74, 6) is -3.14. The van der Waals surface area contributed by atoms with Gasteiger partial charge in [-0.15, -0.1) is 0 Å². The van der Waals surface area contributed by atoms with Crippen LogP contribution in [0.1, 0.15) is 115 Å². The number of carbonyl (C=O) groups is 4. The number of ketones is 4. The first-order chi connectivity index (χ1) is 18.0. The minimum absolute atomic E-state index is 0.166. The van der Waals surface area contributed by atoms with Gasteiger partial charge in [-0.1, -0.05) is 67.4 Å². The van der Waals surface area contributed by atoms with Crippen molar-refractivity contribution in [2.75, 3.05) is 0 Å². The summed E-state index contributed by atoms with van der Waals surface area (Å²) in [5.41, 5.74) is 0.221. The number of Topliss-reactive ketones (excluding diaryl/α,β-unsaturated/α-hetero) is 4. The zero-order valence-electron chi connectivity index (χ0n) is 26.4. The second-order valence-corrected chi connectivity index (χ2v) is 13.6. The van der Waals surface area contributed by atoms with Crippen LogP contribution in [0.2, 0.25) is 0 Å². The molecule has 2 fully saturated rings. The lowest BCUT2D eigenvalue weighted by molar-refractivity contribution is -0.190. The fraction of sp³-hybridized carbons (Fsp3) is 0.657. The summed E-state index contributed by atoms with van der Waals surface area (Å²) in [5, 5.41) is 0. The molecule has 39 heavy (non-hydrogen) atoms. The van der Waals surface area contributed by atoms with E-state index in [2.05, 4.69) is 12.2 Å². The van der Waals surface area contributed by atoms with Gasteiger partial charge in [-0.25, -0.2) is 0 Å². The predicted octanol–water partition coefficient (Wildman–Crippen LogP) is 8.36. The molecule has 5 atom stereocenters. The number of rotatable bonds is 11. The van der Waals surface area contributed by atoms with Crippen LogP contribution in [0, 0.1) is 34.0 Å². The van der Waals surface area contributed by atoms with Gasteiger partial charge in [-0.2, -0.15) is 0 Å². The van der Waals surface area contributed by atoms with Crippen LogP contribution in [0.4, 0.5) is 0 Å². The number of hydrogen-bond donors (Lipinski definition) is 0. The molecular weight excluding hydrogens is 484 g/mol. The number of fused-ring (bicyclic) bond motifs is 2. The van der Waals surface area contributed by atoms with Crippen molar-refractivity contribution in [2.45, 2.75) is 115 Å². The van der Waals surface area contributed by atoms with Crippen LogP contribution in [0.15, 0.2) is 46.6 Å². The highest BCUT2D eigenvalue weighted by Crippen LogP contribution is 2.66. The van der Waals surface area contributed by atoms with Crippen LogP contribution in [-0.4, -0.2) is 23.1 Å². The Morgan fingerprint density at radius 3 is 1.79 bits per heavy atom. The topological polar surface area (TPSA) is 68.3 Å². The normalized spacial score (nSPS) is 30.1. The quantitative estimate of drug-likeness (QED) is 0.196. The van der Waals surface area contributed by atoms with Gasteiger partial charge in [-0.3, -0.25) is 19.2 Å². The number of carbonyl (C=O) groups excluding carboxylic acids is 4. The molecular formula is C35H52O4. The lowest BCUT2D eigenvalue weighted by Gasteiger charge is -2.62. The molecule has 216 valence electrons. The third kappa shape index (κ3) is 5.91. The first-order valence-electron chi connectivity index (χ1n) is 14.7. The van der Waals surface area contributed by atoms with Crippen LogP contribution < -0.4 is 0 Å². The summed E-state index contributed by atoms with van der Waals surface area (Å²) < 4.78 is 0. The standard InChI is InChI=1S/C35H52O4/c1-22(2)13-12-19-33(11)27(16-14-23(3)4)21-34(20-18-25(7)8)30(37)28(17-15-24(5)6)31(38)35(33,32(34)39)29(36)26(9)10/h13-15,18,26-28H,12,16-17,19-21H2,1-11H3/t27?,28?,33?,34-,35+/m1/s1. The predicted molar refractivity (Wildman–Crippen MR) is 160 cm³/mol. The molecule has 2 rings (SSSR count). The van der Waals surface area contributed by atoms with Gasteiger partial charge in [0.15, 0.2) is 28.5 Å². The third-order valence-corrected chi connectivity index (χ3v) is 9.14. The smallest absolute Gasteiger partial charge is 0.168 e. The zero-order chi connectivity index (χ0) is 29.9. The van der Waals surface area contributed by atoms with E-state index in [9.17, 15) is 19.2 Å². The Labute approximate surface area is 237 Å². The van der Waals surface area contributed by atoms with Gasteiger partial charge in [0.1, 0.15) is 0 Å². The Kier molecular flexibility index (Phi) is 10.5. The summed E-state index contributed by atoms with van der Waals surface area (Å²) in [6.45, 7) is 21.5. The summed E-state index contributed by atoms with van der Waals surface area (Å²) in [6, 6.07) is 0. The average molecular weight is 537 g/mol. The SMILES string of the molecule is CC(C)=CCCC1(C)C(CC=C(C)C)C[C@]2(CC=C(C)C)C(=O)C(CC=C(C)C)C(=O)[C@@]1(C(=O)C(C)C)C2=O. The second kappa shape index (κ2) is 12.4. The summed E-state index contributed by atoms with van der Waals surface area (Å²) in [4.78, 5) is 58.7. The largest absolute Gasteiger partial charge is 0.298 e. The minimum atomic E-state index is -1.83.